The summed E-state index contributed by atoms with van der Waals surface area (Å²) >= 11 is 0. The molecule has 0 saturated heterocycles. The van der Waals surface area contributed by atoms with Gasteiger partial charge in [-0.15, -0.1) is 0 Å². The molecule has 0 amide bonds. The van der Waals surface area contributed by atoms with Crippen LogP contribution in [0.3, 0.4) is 0 Å². The Morgan fingerprint density at radius 1 is 0.404 bits per heavy atom. The molecular formula is C49H40N2O. The molecule has 52 heavy (non-hydrogen) atoms. The van der Waals surface area contributed by atoms with E-state index in [0.717, 1.165) is 55.8 Å². The maximum atomic E-state index is 6.75. The van der Waals surface area contributed by atoms with Crippen LogP contribution in [0.15, 0.2) is 168 Å². The second-order valence-electron chi connectivity index (χ2n) is 14.2. The van der Waals surface area contributed by atoms with E-state index >= 15 is 0 Å². The van der Waals surface area contributed by atoms with Gasteiger partial charge in [0, 0.05) is 39.2 Å². The molecule has 252 valence electrons. The van der Waals surface area contributed by atoms with Crippen molar-refractivity contribution in [3.63, 3.8) is 0 Å². The first-order valence-corrected chi connectivity index (χ1v) is 18.1. The van der Waals surface area contributed by atoms with Crippen molar-refractivity contribution in [3.05, 3.63) is 180 Å². The molecule has 3 nitrogen and oxygen atoms in total. The van der Waals surface area contributed by atoms with E-state index in [9.17, 15) is 0 Å². The predicted octanol–water partition coefficient (Wildman–Crippen LogP) is 14.6. The molecule has 0 aliphatic heterocycles. The first-order valence-electron chi connectivity index (χ1n) is 18.1. The largest absolute Gasteiger partial charge is 0.456 e. The van der Waals surface area contributed by atoms with Crippen molar-refractivity contribution in [3.8, 4) is 0 Å². The Bertz CT molecular complexity index is 2740. The smallest absolute Gasteiger partial charge is 0.136 e. The van der Waals surface area contributed by atoms with E-state index in [1.54, 1.807) is 0 Å². The maximum Gasteiger partial charge on any atom is 0.136 e. The maximum absolute atomic E-state index is 6.75. The number of hydrogen-bond donors (Lipinski definition) is 0. The SMILES string of the molecule is Cc1cccc(N(c2ccccc2)c2ccc3cc4c(cc3c2)oc2cc3c(C(C)C)c(N(c5ccccc5)c5cccc(C)c5)ccc3cc24)c1. The number of hydrogen-bond acceptors (Lipinski definition) is 3. The van der Waals surface area contributed by atoms with Crippen molar-refractivity contribution in [1.29, 1.82) is 0 Å². The van der Waals surface area contributed by atoms with Gasteiger partial charge in [0.05, 0.1) is 5.69 Å². The highest BCUT2D eigenvalue weighted by atomic mass is 16.3. The zero-order valence-electron chi connectivity index (χ0n) is 30.0. The molecule has 8 aromatic carbocycles. The van der Waals surface area contributed by atoms with Crippen LogP contribution in [0.5, 0.6) is 0 Å². The zero-order valence-corrected chi connectivity index (χ0v) is 30.0. The lowest BCUT2D eigenvalue weighted by molar-refractivity contribution is 0.670. The van der Waals surface area contributed by atoms with Gasteiger partial charge in [-0.25, -0.2) is 0 Å². The summed E-state index contributed by atoms with van der Waals surface area (Å²) in [6, 6.07) is 59.1. The molecule has 0 aliphatic rings. The average molecular weight is 673 g/mol. The zero-order chi connectivity index (χ0) is 35.3. The second kappa shape index (κ2) is 12.8. The number of aryl methyl sites for hydroxylation is 2. The van der Waals surface area contributed by atoms with E-state index in [1.807, 2.05) is 0 Å². The number of furan rings is 1. The van der Waals surface area contributed by atoms with Crippen LogP contribution < -0.4 is 9.80 Å². The molecule has 0 radical (unpaired) electrons. The van der Waals surface area contributed by atoms with E-state index in [-0.39, 0.29) is 5.92 Å². The van der Waals surface area contributed by atoms with Crippen molar-refractivity contribution < 1.29 is 4.42 Å². The normalized spacial score (nSPS) is 11.6. The van der Waals surface area contributed by atoms with E-state index in [4.69, 9.17) is 4.42 Å². The lowest BCUT2D eigenvalue weighted by Gasteiger charge is -2.30. The number of para-hydroxylation sites is 2. The topological polar surface area (TPSA) is 19.6 Å². The molecule has 3 heteroatoms. The van der Waals surface area contributed by atoms with Crippen LogP contribution in [-0.2, 0) is 0 Å². The first kappa shape index (κ1) is 31.6. The Morgan fingerprint density at radius 3 is 1.58 bits per heavy atom. The van der Waals surface area contributed by atoms with E-state index in [1.165, 1.54) is 38.5 Å². The lowest BCUT2D eigenvalue weighted by Crippen LogP contribution is -2.13. The third kappa shape index (κ3) is 5.56. The van der Waals surface area contributed by atoms with Crippen LogP contribution in [0.2, 0.25) is 0 Å². The summed E-state index contributed by atoms with van der Waals surface area (Å²) in [6.07, 6.45) is 0. The number of fused-ring (bicyclic) bond motifs is 5. The van der Waals surface area contributed by atoms with Crippen LogP contribution in [0.25, 0.3) is 43.5 Å². The third-order valence-electron chi connectivity index (χ3n) is 10.2. The summed E-state index contributed by atoms with van der Waals surface area (Å²) in [5.74, 6) is 0.276. The molecule has 9 rings (SSSR count). The highest BCUT2D eigenvalue weighted by molar-refractivity contribution is 6.14. The summed E-state index contributed by atoms with van der Waals surface area (Å²) < 4.78 is 6.75. The number of nitrogens with zero attached hydrogens (tertiary/aromatic N) is 2. The van der Waals surface area contributed by atoms with Gasteiger partial charge in [-0.05, 0) is 149 Å². The molecule has 0 saturated carbocycles. The van der Waals surface area contributed by atoms with Gasteiger partial charge in [-0.3, -0.25) is 0 Å². The molecule has 0 unspecified atom stereocenters. The van der Waals surface area contributed by atoms with Gasteiger partial charge in [0.1, 0.15) is 11.2 Å². The quantitative estimate of drug-likeness (QED) is 0.168. The van der Waals surface area contributed by atoms with Crippen LogP contribution in [0.1, 0.15) is 36.5 Å². The van der Waals surface area contributed by atoms with Gasteiger partial charge < -0.3 is 14.2 Å². The van der Waals surface area contributed by atoms with Crippen LogP contribution in [-0.4, -0.2) is 0 Å². The highest BCUT2D eigenvalue weighted by Crippen LogP contribution is 2.45. The monoisotopic (exact) mass is 672 g/mol. The van der Waals surface area contributed by atoms with Gasteiger partial charge in [0.2, 0.25) is 0 Å². The van der Waals surface area contributed by atoms with Crippen LogP contribution >= 0.6 is 0 Å². The van der Waals surface area contributed by atoms with Crippen LogP contribution in [0.4, 0.5) is 34.1 Å². The molecule has 0 N–H and O–H groups in total. The van der Waals surface area contributed by atoms with Crippen molar-refractivity contribution in [2.45, 2.75) is 33.6 Å². The fraction of sp³-hybridized carbons (Fsp3) is 0.102. The summed E-state index contributed by atoms with van der Waals surface area (Å²) in [7, 11) is 0. The van der Waals surface area contributed by atoms with Gasteiger partial charge in [-0.2, -0.15) is 0 Å². The molecule has 0 aliphatic carbocycles. The predicted molar refractivity (Wildman–Crippen MR) is 222 cm³/mol. The molecule has 0 fully saturated rings. The van der Waals surface area contributed by atoms with Gasteiger partial charge in [-0.1, -0.05) is 86.6 Å². The summed E-state index contributed by atoms with van der Waals surface area (Å²) in [4.78, 5) is 4.72. The van der Waals surface area contributed by atoms with E-state index in [0.29, 0.717) is 0 Å². The molecule has 9 aromatic rings. The molecular weight excluding hydrogens is 633 g/mol. The van der Waals surface area contributed by atoms with Crippen LogP contribution in [0, 0.1) is 13.8 Å². The number of benzene rings is 8. The number of rotatable bonds is 7. The minimum atomic E-state index is 0.276. The summed E-state index contributed by atoms with van der Waals surface area (Å²) in [6.45, 7) is 8.88. The van der Waals surface area contributed by atoms with E-state index < -0.39 is 0 Å². The fourth-order valence-corrected chi connectivity index (χ4v) is 7.84. The van der Waals surface area contributed by atoms with E-state index in [2.05, 4.69) is 201 Å². The Hall–Kier alpha value is -6.32. The number of anilines is 6. The Kier molecular flexibility index (Phi) is 7.78. The van der Waals surface area contributed by atoms with Crippen molar-refractivity contribution in [2.75, 3.05) is 9.80 Å². The standard InChI is InChI=1S/C49H40N2O/c1-32(2)49-43-31-48-45(29-36(43)22-24-46(49)51(39-17-9-6-10-18-39)41-20-12-14-34(4)26-41)44-28-35-21-23-42(27-37(35)30-47(44)52-48)50(38-15-7-5-8-16-38)40-19-11-13-33(3)25-40/h5-32H,1-4H3. The minimum absolute atomic E-state index is 0.276. The Labute approximate surface area is 305 Å². The molecule has 0 bridgehead atoms. The molecule has 1 heterocycles. The Balaban J connectivity index is 1.21. The van der Waals surface area contributed by atoms with Crippen molar-refractivity contribution in [1.82, 2.24) is 0 Å². The Morgan fingerprint density at radius 2 is 0.942 bits per heavy atom. The van der Waals surface area contributed by atoms with Crippen molar-refractivity contribution >= 4 is 77.6 Å². The highest BCUT2D eigenvalue weighted by Gasteiger charge is 2.22. The summed E-state index contributed by atoms with van der Waals surface area (Å²) in [5.41, 5.74) is 12.4. The average Bonchev–Trinajstić information content (AvgIpc) is 3.49. The lowest BCUT2D eigenvalue weighted by atomic mass is 9.92. The van der Waals surface area contributed by atoms with Gasteiger partial charge >= 0.3 is 0 Å². The molecule has 0 spiro atoms. The van der Waals surface area contributed by atoms with Gasteiger partial charge in [0.15, 0.2) is 0 Å². The minimum Gasteiger partial charge on any atom is -0.456 e. The first-order chi connectivity index (χ1) is 25.4. The van der Waals surface area contributed by atoms with Crippen molar-refractivity contribution in [2.24, 2.45) is 0 Å². The third-order valence-corrected chi connectivity index (χ3v) is 10.2. The second-order valence-corrected chi connectivity index (χ2v) is 14.2. The summed E-state index contributed by atoms with van der Waals surface area (Å²) in [5, 5.41) is 7.04. The molecule has 0 atom stereocenters. The fourth-order valence-electron chi connectivity index (χ4n) is 7.84. The van der Waals surface area contributed by atoms with Gasteiger partial charge in [0.25, 0.3) is 0 Å². The molecule has 1 aromatic heterocycles.